The Hall–Kier alpha value is -1.09. The summed E-state index contributed by atoms with van der Waals surface area (Å²) in [5.74, 6) is 0.538. The van der Waals surface area contributed by atoms with E-state index in [1.54, 1.807) is 6.20 Å². The first kappa shape index (κ1) is 6.61. The first-order valence-electron chi connectivity index (χ1n) is 3.79. The van der Waals surface area contributed by atoms with Crippen molar-refractivity contribution >= 4 is 5.69 Å². The van der Waals surface area contributed by atoms with Crippen molar-refractivity contribution in [1.82, 2.24) is 10.3 Å². The lowest BCUT2D eigenvalue weighted by atomic mass is 9.97. The van der Waals surface area contributed by atoms with Crippen LogP contribution in [0.15, 0.2) is 18.3 Å². The number of nitrogens with one attached hydrogen (secondary N) is 1. The molecule has 1 aromatic heterocycles. The maximum absolute atomic E-state index is 5.74. The molecule has 0 saturated carbocycles. The third-order valence-electron chi connectivity index (χ3n) is 2.04. The van der Waals surface area contributed by atoms with Crippen LogP contribution in [-0.2, 0) is 0 Å². The van der Waals surface area contributed by atoms with E-state index in [9.17, 15) is 0 Å². The maximum atomic E-state index is 5.74. The van der Waals surface area contributed by atoms with Gasteiger partial charge in [-0.05, 0) is 12.1 Å². The summed E-state index contributed by atoms with van der Waals surface area (Å²) in [6, 6.07) is 3.77. The second-order valence-corrected chi connectivity index (χ2v) is 2.83. The molecule has 0 atom stereocenters. The molecule has 3 nitrogen and oxygen atoms in total. The number of nitrogen functional groups attached to an aromatic ring is 1. The molecule has 1 aromatic rings. The molecule has 0 unspecified atom stereocenters. The summed E-state index contributed by atoms with van der Waals surface area (Å²) in [4.78, 5) is 4.24. The van der Waals surface area contributed by atoms with Crippen molar-refractivity contribution < 1.29 is 0 Å². The smallest absolute Gasteiger partial charge is 0.0688 e. The van der Waals surface area contributed by atoms with Gasteiger partial charge >= 0.3 is 0 Å². The van der Waals surface area contributed by atoms with Crippen LogP contribution in [0.2, 0.25) is 0 Å². The molecule has 1 aliphatic rings. The summed E-state index contributed by atoms with van der Waals surface area (Å²) in [6.07, 6.45) is 1.80. The van der Waals surface area contributed by atoms with Gasteiger partial charge in [0.05, 0.1) is 11.4 Å². The van der Waals surface area contributed by atoms with E-state index in [2.05, 4.69) is 10.3 Å². The maximum Gasteiger partial charge on any atom is 0.0688 e. The number of rotatable bonds is 1. The number of nitrogens with zero attached hydrogens (tertiary/aromatic N) is 1. The van der Waals surface area contributed by atoms with Crippen molar-refractivity contribution in [2.45, 2.75) is 5.92 Å². The molecule has 1 aliphatic heterocycles. The Balaban J connectivity index is 2.28. The minimum Gasteiger partial charge on any atom is -0.397 e. The molecular formula is C8H11N3. The molecule has 3 N–H and O–H groups in total. The molecule has 0 radical (unpaired) electrons. The van der Waals surface area contributed by atoms with Gasteiger partial charge in [0.15, 0.2) is 0 Å². The lowest BCUT2D eigenvalue weighted by Gasteiger charge is -2.27. The molecule has 0 spiro atoms. The van der Waals surface area contributed by atoms with Gasteiger partial charge in [-0.2, -0.15) is 0 Å². The van der Waals surface area contributed by atoms with Crippen molar-refractivity contribution in [2.24, 2.45) is 0 Å². The predicted molar refractivity (Wildman–Crippen MR) is 44.3 cm³/mol. The van der Waals surface area contributed by atoms with Gasteiger partial charge < -0.3 is 11.1 Å². The first-order valence-corrected chi connectivity index (χ1v) is 3.79. The molecule has 11 heavy (non-hydrogen) atoms. The number of hydrogen-bond acceptors (Lipinski definition) is 3. The van der Waals surface area contributed by atoms with Gasteiger partial charge in [-0.3, -0.25) is 4.98 Å². The number of anilines is 1. The van der Waals surface area contributed by atoms with Gasteiger partial charge in [-0.25, -0.2) is 0 Å². The standard InChI is InChI=1S/C8H11N3/c9-7-2-1-3-11-8(7)6-4-10-5-6/h1-3,6,10H,4-5,9H2. The van der Waals surface area contributed by atoms with E-state index < -0.39 is 0 Å². The molecule has 1 saturated heterocycles. The van der Waals surface area contributed by atoms with Crippen LogP contribution >= 0.6 is 0 Å². The summed E-state index contributed by atoms with van der Waals surface area (Å²) in [6.45, 7) is 2.03. The van der Waals surface area contributed by atoms with Crippen LogP contribution in [0.4, 0.5) is 5.69 Å². The fourth-order valence-electron chi connectivity index (χ4n) is 1.25. The molecule has 1 fully saturated rings. The van der Waals surface area contributed by atoms with Gasteiger partial charge in [0.1, 0.15) is 0 Å². The van der Waals surface area contributed by atoms with Crippen molar-refractivity contribution in [3.05, 3.63) is 24.0 Å². The quantitative estimate of drug-likeness (QED) is 0.605. The van der Waals surface area contributed by atoms with Crippen LogP contribution < -0.4 is 11.1 Å². The lowest BCUT2D eigenvalue weighted by molar-refractivity contribution is 0.441. The van der Waals surface area contributed by atoms with Crippen molar-refractivity contribution in [1.29, 1.82) is 0 Å². The highest BCUT2D eigenvalue weighted by molar-refractivity contribution is 5.44. The van der Waals surface area contributed by atoms with Crippen LogP contribution in [-0.4, -0.2) is 18.1 Å². The Bertz CT molecular complexity index is 255. The molecule has 3 heteroatoms. The number of aromatic nitrogens is 1. The molecule has 0 amide bonds. The number of hydrogen-bond donors (Lipinski definition) is 2. The van der Waals surface area contributed by atoms with Crippen molar-refractivity contribution in [3.63, 3.8) is 0 Å². The highest BCUT2D eigenvalue weighted by Gasteiger charge is 2.21. The Labute approximate surface area is 65.6 Å². The zero-order chi connectivity index (χ0) is 7.68. The van der Waals surface area contributed by atoms with Crippen LogP contribution in [0.1, 0.15) is 11.6 Å². The SMILES string of the molecule is Nc1cccnc1C1CNC1. The van der Waals surface area contributed by atoms with Gasteiger partial charge in [0.2, 0.25) is 0 Å². The Kier molecular flexibility index (Phi) is 1.51. The van der Waals surface area contributed by atoms with Crippen molar-refractivity contribution in [3.8, 4) is 0 Å². The molecule has 0 aromatic carbocycles. The monoisotopic (exact) mass is 149 g/mol. The summed E-state index contributed by atoms with van der Waals surface area (Å²) in [5.41, 5.74) is 7.61. The van der Waals surface area contributed by atoms with E-state index >= 15 is 0 Å². The highest BCUT2D eigenvalue weighted by Crippen LogP contribution is 2.22. The van der Waals surface area contributed by atoms with E-state index in [0.717, 1.165) is 24.5 Å². The predicted octanol–water partition coefficient (Wildman–Crippen LogP) is 0.351. The number of nitrogens with two attached hydrogens (primary N) is 1. The minimum atomic E-state index is 0.538. The average Bonchev–Trinajstić information content (AvgIpc) is 1.90. The molecular weight excluding hydrogens is 138 g/mol. The van der Waals surface area contributed by atoms with E-state index in [1.165, 1.54) is 0 Å². The van der Waals surface area contributed by atoms with E-state index in [-0.39, 0.29) is 0 Å². The topological polar surface area (TPSA) is 50.9 Å². The average molecular weight is 149 g/mol. The second kappa shape index (κ2) is 2.51. The number of pyridine rings is 1. The van der Waals surface area contributed by atoms with Crippen molar-refractivity contribution in [2.75, 3.05) is 18.8 Å². The fourth-order valence-corrected chi connectivity index (χ4v) is 1.25. The third kappa shape index (κ3) is 1.07. The zero-order valence-electron chi connectivity index (χ0n) is 6.25. The van der Waals surface area contributed by atoms with Gasteiger partial charge in [0.25, 0.3) is 0 Å². The van der Waals surface area contributed by atoms with Crippen LogP contribution in [0.5, 0.6) is 0 Å². The highest BCUT2D eigenvalue weighted by atomic mass is 15.0. The summed E-state index contributed by atoms with van der Waals surface area (Å²) < 4.78 is 0. The second-order valence-electron chi connectivity index (χ2n) is 2.83. The van der Waals surface area contributed by atoms with Gasteiger partial charge in [0, 0.05) is 25.2 Å². The molecule has 0 bridgehead atoms. The van der Waals surface area contributed by atoms with E-state index in [0.29, 0.717) is 5.92 Å². The van der Waals surface area contributed by atoms with Crippen LogP contribution in [0.25, 0.3) is 0 Å². The molecule has 0 aliphatic carbocycles. The normalized spacial score (nSPS) is 17.8. The largest absolute Gasteiger partial charge is 0.397 e. The van der Waals surface area contributed by atoms with Gasteiger partial charge in [-0.1, -0.05) is 0 Å². The fraction of sp³-hybridized carbons (Fsp3) is 0.375. The lowest BCUT2D eigenvalue weighted by Crippen LogP contribution is -2.40. The summed E-state index contributed by atoms with van der Waals surface area (Å²) in [7, 11) is 0. The van der Waals surface area contributed by atoms with Crippen LogP contribution in [0.3, 0.4) is 0 Å². The minimum absolute atomic E-state index is 0.538. The third-order valence-corrected chi connectivity index (χ3v) is 2.04. The summed E-state index contributed by atoms with van der Waals surface area (Å²) in [5, 5.41) is 3.19. The Morgan fingerprint density at radius 1 is 1.55 bits per heavy atom. The first-order chi connectivity index (χ1) is 5.38. The Morgan fingerprint density at radius 3 is 2.91 bits per heavy atom. The molecule has 2 heterocycles. The van der Waals surface area contributed by atoms with Gasteiger partial charge in [-0.15, -0.1) is 0 Å². The molecule has 58 valence electrons. The summed E-state index contributed by atoms with van der Waals surface area (Å²) >= 11 is 0. The van der Waals surface area contributed by atoms with E-state index in [1.807, 2.05) is 12.1 Å². The van der Waals surface area contributed by atoms with Crippen LogP contribution in [0, 0.1) is 0 Å². The Morgan fingerprint density at radius 2 is 2.36 bits per heavy atom. The molecule has 2 rings (SSSR count). The van der Waals surface area contributed by atoms with E-state index in [4.69, 9.17) is 5.73 Å². The zero-order valence-corrected chi connectivity index (χ0v) is 6.25.